The van der Waals surface area contributed by atoms with Crippen molar-refractivity contribution in [3.05, 3.63) is 47.6 Å². The molecule has 0 aliphatic carbocycles. The lowest BCUT2D eigenvalue weighted by Gasteiger charge is -2.10. The molecule has 0 amide bonds. The predicted molar refractivity (Wildman–Crippen MR) is 89.8 cm³/mol. The van der Waals surface area contributed by atoms with Gasteiger partial charge in [-0.15, -0.1) is 0 Å². The monoisotopic (exact) mass is 339 g/mol. The van der Waals surface area contributed by atoms with Crippen LogP contribution in [0, 0.1) is 5.92 Å². The van der Waals surface area contributed by atoms with Gasteiger partial charge in [0.15, 0.2) is 0 Å². The molecule has 0 aliphatic rings. The van der Waals surface area contributed by atoms with Gasteiger partial charge in [0.1, 0.15) is 5.82 Å². The van der Waals surface area contributed by atoms with E-state index in [2.05, 4.69) is 28.9 Å². The Kier molecular flexibility index (Phi) is 5.26. The molecule has 0 bridgehead atoms. The smallest absolute Gasteiger partial charge is 0.263 e. The second-order valence-corrected chi connectivity index (χ2v) is 7.39. The summed E-state index contributed by atoms with van der Waals surface area (Å²) in [5.41, 5.74) is 0.847. The molecule has 5 nitrogen and oxygen atoms in total. The van der Waals surface area contributed by atoms with Crippen molar-refractivity contribution < 1.29 is 8.42 Å². The number of aromatic nitrogens is 1. The van der Waals surface area contributed by atoms with E-state index in [1.165, 1.54) is 12.1 Å². The maximum Gasteiger partial charge on any atom is 0.263 e. The fraction of sp³-hybridized carbons (Fsp3) is 0.267. The van der Waals surface area contributed by atoms with E-state index < -0.39 is 10.0 Å². The van der Waals surface area contributed by atoms with E-state index in [1.54, 1.807) is 30.5 Å². The maximum absolute atomic E-state index is 12.2. The van der Waals surface area contributed by atoms with Crippen molar-refractivity contribution in [1.82, 2.24) is 4.98 Å². The highest BCUT2D eigenvalue weighted by Crippen LogP contribution is 2.19. The Labute approximate surface area is 135 Å². The molecule has 0 saturated heterocycles. The minimum absolute atomic E-state index is 0.101. The molecule has 1 aromatic carbocycles. The van der Waals surface area contributed by atoms with Crippen LogP contribution in [0.5, 0.6) is 0 Å². The van der Waals surface area contributed by atoms with Crippen molar-refractivity contribution in [3.63, 3.8) is 0 Å². The van der Waals surface area contributed by atoms with Gasteiger partial charge in [-0.1, -0.05) is 31.5 Å². The van der Waals surface area contributed by atoms with Crippen LogP contribution in [-0.4, -0.2) is 19.9 Å². The van der Waals surface area contributed by atoms with Crippen LogP contribution in [0.25, 0.3) is 0 Å². The first-order chi connectivity index (χ1) is 10.4. The minimum atomic E-state index is -3.69. The van der Waals surface area contributed by atoms with Crippen molar-refractivity contribution in [1.29, 1.82) is 0 Å². The number of anilines is 2. The molecule has 1 heterocycles. The van der Waals surface area contributed by atoms with Gasteiger partial charge in [-0.05, 0) is 36.2 Å². The number of hydrogen-bond acceptors (Lipinski definition) is 4. The first-order valence-electron chi connectivity index (χ1n) is 6.85. The normalized spacial score (nSPS) is 11.5. The van der Waals surface area contributed by atoms with E-state index in [4.69, 9.17) is 11.6 Å². The second kappa shape index (κ2) is 6.98. The zero-order valence-corrected chi connectivity index (χ0v) is 13.9. The quantitative estimate of drug-likeness (QED) is 0.843. The molecule has 2 aromatic rings. The minimum Gasteiger partial charge on any atom is -0.384 e. The molecule has 0 aliphatic heterocycles. The van der Waals surface area contributed by atoms with E-state index >= 15 is 0 Å². The molecule has 0 fully saturated rings. The van der Waals surface area contributed by atoms with Gasteiger partial charge in [0.25, 0.3) is 10.0 Å². The Bertz CT molecular complexity index is 731. The van der Waals surface area contributed by atoms with Crippen molar-refractivity contribution in [2.24, 2.45) is 5.92 Å². The number of pyridine rings is 1. The van der Waals surface area contributed by atoms with Gasteiger partial charge >= 0.3 is 0 Å². The van der Waals surface area contributed by atoms with Crippen LogP contribution in [0.3, 0.4) is 0 Å². The molecule has 0 saturated carbocycles. The van der Waals surface area contributed by atoms with Crippen LogP contribution in [0.15, 0.2) is 47.5 Å². The lowest BCUT2D eigenvalue weighted by molar-refractivity contribution is 0.601. The molecular weight excluding hydrogens is 322 g/mol. The van der Waals surface area contributed by atoms with E-state index in [-0.39, 0.29) is 10.7 Å². The number of sulfonamides is 1. The first kappa shape index (κ1) is 16.6. The predicted octanol–water partition coefficient (Wildman–Crippen LogP) is 3.60. The summed E-state index contributed by atoms with van der Waals surface area (Å²) >= 11 is 5.82. The molecule has 0 radical (unpaired) electrons. The third-order valence-corrected chi connectivity index (χ3v) is 4.41. The number of halogens is 1. The number of benzene rings is 1. The number of nitrogens with one attached hydrogen (secondary N) is 2. The third kappa shape index (κ3) is 4.61. The fourth-order valence-electron chi connectivity index (χ4n) is 1.71. The molecule has 1 aromatic heterocycles. The van der Waals surface area contributed by atoms with Gasteiger partial charge in [0, 0.05) is 11.6 Å². The molecule has 0 unspecified atom stereocenters. The highest BCUT2D eigenvalue weighted by Gasteiger charge is 2.15. The SMILES string of the molecule is CC(C)CNc1ccc(NS(=O)(=O)c2cccc(Cl)c2)nc1. The zero-order chi connectivity index (χ0) is 16.2. The summed E-state index contributed by atoms with van der Waals surface area (Å²) in [5, 5.41) is 3.58. The Morgan fingerprint density at radius 3 is 2.59 bits per heavy atom. The Morgan fingerprint density at radius 2 is 2.00 bits per heavy atom. The summed E-state index contributed by atoms with van der Waals surface area (Å²) in [5.74, 6) is 0.774. The molecule has 7 heteroatoms. The van der Waals surface area contributed by atoms with Gasteiger partial charge in [0.2, 0.25) is 0 Å². The van der Waals surface area contributed by atoms with Gasteiger partial charge in [-0.25, -0.2) is 13.4 Å². The zero-order valence-electron chi connectivity index (χ0n) is 12.4. The van der Waals surface area contributed by atoms with Crippen LogP contribution in [0.1, 0.15) is 13.8 Å². The van der Waals surface area contributed by atoms with Crippen molar-refractivity contribution in [2.45, 2.75) is 18.7 Å². The van der Waals surface area contributed by atoms with Crippen molar-refractivity contribution >= 4 is 33.1 Å². The Hall–Kier alpha value is -1.79. The molecule has 2 rings (SSSR count). The Morgan fingerprint density at radius 1 is 1.23 bits per heavy atom. The highest BCUT2D eigenvalue weighted by atomic mass is 35.5. The topological polar surface area (TPSA) is 71.1 Å². The van der Waals surface area contributed by atoms with Crippen molar-refractivity contribution in [2.75, 3.05) is 16.6 Å². The Balaban J connectivity index is 2.10. The summed E-state index contributed by atoms with van der Waals surface area (Å²) in [6.45, 7) is 5.04. The van der Waals surface area contributed by atoms with Crippen molar-refractivity contribution in [3.8, 4) is 0 Å². The number of nitrogens with zero attached hydrogens (tertiary/aromatic N) is 1. The fourth-order valence-corrected chi connectivity index (χ4v) is 3.02. The molecule has 22 heavy (non-hydrogen) atoms. The van der Waals surface area contributed by atoms with Crippen LogP contribution in [0.4, 0.5) is 11.5 Å². The summed E-state index contributed by atoms with van der Waals surface area (Å²) in [7, 11) is -3.69. The first-order valence-corrected chi connectivity index (χ1v) is 8.71. The molecule has 2 N–H and O–H groups in total. The van der Waals surface area contributed by atoms with E-state index in [0.717, 1.165) is 12.2 Å². The van der Waals surface area contributed by atoms with E-state index in [1.807, 2.05) is 0 Å². The molecule has 0 spiro atoms. The van der Waals surface area contributed by atoms with Gasteiger partial charge in [-0.2, -0.15) is 0 Å². The average Bonchev–Trinajstić information content (AvgIpc) is 2.46. The van der Waals surface area contributed by atoms with Gasteiger partial charge in [-0.3, -0.25) is 4.72 Å². The standard InChI is InChI=1S/C15H18ClN3O2S/c1-11(2)9-17-13-6-7-15(18-10-13)19-22(20,21)14-5-3-4-12(16)8-14/h3-8,10-11,17H,9H2,1-2H3,(H,18,19). The van der Waals surface area contributed by atoms with E-state index in [9.17, 15) is 8.42 Å². The van der Waals surface area contributed by atoms with Gasteiger partial charge in [0.05, 0.1) is 16.8 Å². The second-order valence-electron chi connectivity index (χ2n) is 5.27. The summed E-state index contributed by atoms with van der Waals surface area (Å²) in [6.07, 6.45) is 1.60. The van der Waals surface area contributed by atoms with Gasteiger partial charge < -0.3 is 5.32 Å². The van der Waals surface area contributed by atoms with Crippen LogP contribution >= 0.6 is 11.6 Å². The lowest BCUT2D eigenvalue weighted by atomic mass is 10.2. The summed E-state index contributed by atoms with van der Waals surface area (Å²) in [6, 6.07) is 9.47. The van der Waals surface area contributed by atoms with Crippen LogP contribution < -0.4 is 10.0 Å². The van der Waals surface area contributed by atoms with E-state index in [0.29, 0.717) is 10.9 Å². The maximum atomic E-state index is 12.2. The lowest BCUT2D eigenvalue weighted by Crippen LogP contribution is -2.14. The largest absolute Gasteiger partial charge is 0.384 e. The summed E-state index contributed by atoms with van der Waals surface area (Å²) < 4.78 is 26.9. The average molecular weight is 340 g/mol. The molecular formula is C15H18ClN3O2S. The molecule has 118 valence electrons. The number of hydrogen-bond donors (Lipinski definition) is 2. The third-order valence-electron chi connectivity index (χ3n) is 2.82. The number of rotatable bonds is 6. The highest BCUT2D eigenvalue weighted by molar-refractivity contribution is 7.92. The molecule has 0 atom stereocenters. The van der Waals surface area contributed by atoms with Crippen LogP contribution in [0.2, 0.25) is 5.02 Å². The summed E-state index contributed by atoms with van der Waals surface area (Å²) in [4.78, 5) is 4.20. The van der Waals surface area contributed by atoms with Crippen LogP contribution in [-0.2, 0) is 10.0 Å².